The van der Waals surface area contributed by atoms with Crippen LogP contribution in [0, 0.1) is 12.7 Å². The van der Waals surface area contributed by atoms with Crippen LogP contribution in [0.3, 0.4) is 0 Å². The molecule has 1 atom stereocenters. The lowest BCUT2D eigenvalue weighted by molar-refractivity contribution is 0.559. The molecule has 0 saturated carbocycles. The van der Waals surface area contributed by atoms with Crippen molar-refractivity contribution in [2.75, 3.05) is 0 Å². The van der Waals surface area contributed by atoms with E-state index in [4.69, 9.17) is 4.55 Å². The molecule has 0 aliphatic heterocycles. The average molecular weight is 341 g/mol. The molecule has 122 valence electrons. The summed E-state index contributed by atoms with van der Waals surface area (Å²) in [4.78, 5) is 4.15. The molecule has 0 saturated heterocycles. The highest BCUT2D eigenvalue weighted by Gasteiger charge is 2.11. The van der Waals surface area contributed by atoms with Gasteiger partial charge in [0.25, 0.3) is 0 Å². The Labute approximate surface area is 142 Å². The first-order valence-corrected chi connectivity index (χ1v) is 8.69. The summed E-state index contributed by atoms with van der Waals surface area (Å²) in [6.07, 6.45) is 3.41. The quantitative estimate of drug-likeness (QED) is 0.706. The molecule has 0 bridgehead atoms. The first-order chi connectivity index (χ1) is 11.5. The molecule has 0 amide bonds. The summed E-state index contributed by atoms with van der Waals surface area (Å²) >= 11 is -2.07. The van der Waals surface area contributed by atoms with Gasteiger partial charge in [-0.25, -0.2) is 8.60 Å². The van der Waals surface area contributed by atoms with Crippen molar-refractivity contribution in [1.29, 1.82) is 0 Å². The first kappa shape index (κ1) is 16.5. The molecule has 0 aliphatic rings. The van der Waals surface area contributed by atoms with E-state index in [2.05, 4.69) is 4.98 Å². The predicted octanol–water partition coefficient (Wildman–Crippen LogP) is 4.58. The minimum absolute atomic E-state index is 0.218. The second-order valence-electron chi connectivity index (χ2n) is 5.56. The third-order valence-corrected chi connectivity index (χ3v) is 4.38. The van der Waals surface area contributed by atoms with Gasteiger partial charge in [0.15, 0.2) is 11.1 Å². The number of halogens is 1. The molecular weight excluding hydrogens is 325 g/mol. The Morgan fingerprint density at radius 1 is 1.04 bits per heavy atom. The van der Waals surface area contributed by atoms with Gasteiger partial charge in [0, 0.05) is 23.5 Å². The molecule has 1 unspecified atom stereocenters. The number of hydrogen-bond acceptors (Lipinski definition) is 2. The lowest BCUT2D eigenvalue weighted by Gasteiger charge is -2.11. The summed E-state index contributed by atoms with van der Waals surface area (Å²) in [5.74, 6) is -0.710. The van der Waals surface area contributed by atoms with E-state index in [0.717, 1.165) is 16.7 Å². The number of aromatic nitrogens is 1. The number of aryl methyl sites for hydroxylation is 1. The van der Waals surface area contributed by atoms with Crippen molar-refractivity contribution in [3.8, 4) is 22.3 Å². The van der Waals surface area contributed by atoms with E-state index in [1.807, 2.05) is 37.3 Å². The van der Waals surface area contributed by atoms with Crippen molar-refractivity contribution in [2.24, 2.45) is 0 Å². The number of benzene rings is 2. The van der Waals surface area contributed by atoms with Gasteiger partial charge in [0.1, 0.15) is 5.82 Å². The maximum atomic E-state index is 14.2. The van der Waals surface area contributed by atoms with E-state index < -0.39 is 16.9 Å². The summed E-state index contributed by atoms with van der Waals surface area (Å²) < 4.78 is 34.0. The largest absolute Gasteiger partial charge is 0.306 e. The Kier molecular flexibility index (Phi) is 4.83. The van der Waals surface area contributed by atoms with E-state index >= 15 is 0 Å². The third-order valence-electron chi connectivity index (χ3n) is 3.83. The molecule has 5 heteroatoms. The van der Waals surface area contributed by atoms with Crippen molar-refractivity contribution in [3.05, 3.63) is 77.9 Å². The van der Waals surface area contributed by atoms with Crippen LogP contribution in [0.1, 0.15) is 11.1 Å². The average Bonchev–Trinajstić information content (AvgIpc) is 2.57. The van der Waals surface area contributed by atoms with E-state index in [1.165, 1.54) is 11.6 Å². The molecule has 3 aromatic rings. The molecule has 1 N–H and O–H groups in total. The second-order valence-corrected chi connectivity index (χ2v) is 6.49. The summed E-state index contributed by atoms with van der Waals surface area (Å²) in [5, 5.41) is 0. The zero-order chi connectivity index (χ0) is 17.1. The lowest BCUT2D eigenvalue weighted by Crippen LogP contribution is -1.97. The molecule has 1 aromatic heterocycles. The van der Waals surface area contributed by atoms with E-state index in [-0.39, 0.29) is 11.3 Å². The van der Waals surface area contributed by atoms with Crippen LogP contribution in [0.2, 0.25) is 0 Å². The van der Waals surface area contributed by atoms with Crippen LogP contribution in [-0.2, 0) is 16.8 Å². The fourth-order valence-electron chi connectivity index (χ4n) is 2.57. The van der Waals surface area contributed by atoms with Crippen molar-refractivity contribution < 1.29 is 13.2 Å². The zero-order valence-electron chi connectivity index (χ0n) is 13.1. The normalized spacial score (nSPS) is 12.1. The maximum Gasteiger partial charge on any atom is 0.157 e. The molecule has 3 rings (SSSR count). The van der Waals surface area contributed by atoms with Gasteiger partial charge >= 0.3 is 0 Å². The highest BCUT2D eigenvalue weighted by Crippen LogP contribution is 2.32. The van der Waals surface area contributed by atoms with Gasteiger partial charge < -0.3 is 4.55 Å². The van der Waals surface area contributed by atoms with Crippen LogP contribution in [0.4, 0.5) is 4.39 Å². The summed E-state index contributed by atoms with van der Waals surface area (Å²) in [6.45, 7) is 2.02. The topological polar surface area (TPSA) is 50.2 Å². The molecule has 1 heterocycles. The van der Waals surface area contributed by atoms with Crippen molar-refractivity contribution >= 4 is 11.1 Å². The highest BCUT2D eigenvalue weighted by atomic mass is 32.2. The number of rotatable bonds is 4. The van der Waals surface area contributed by atoms with E-state index in [9.17, 15) is 8.60 Å². The Bertz CT molecular complexity index is 894. The number of nitrogens with zero attached hydrogens (tertiary/aromatic N) is 1. The van der Waals surface area contributed by atoms with Gasteiger partial charge in [-0.2, -0.15) is 0 Å². The summed E-state index contributed by atoms with van der Waals surface area (Å²) in [6, 6.07) is 14.7. The second kappa shape index (κ2) is 7.03. The molecule has 24 heavy (non-hydrogen) atoms. The molecular formula is C19H16FNO2S. The van der Waals surface area contributed by atoms with Crippen LogP contribution in [-0.4, -0.2) is 13.7 Å². The van der Waals surface area contributed by atoms with Gasteiger partial charge in [0.05, 0.1) is 5.75 Å². The van der Waals surface area contributed by atoms with Crippen LogP contribution in [0.25, 0.3) is 22.3 Å². The standard InChI is InChI=1S/C19H16FNO2S/c1-13-2-4-14(5-3-13)17-8-9-21-11-18(17)15-6-7-16(12-24(22)23)19(20)10-15/h2-11H,12H2,1H3,(H,22,23). The van der Waals surface area contributed by atoms with Crippen molar-refractivity contribution in [3.63, 3.8) is 0 Å². The van der Waals surface area contributed by atoms with E-state index in [1.54, 1.807) is 24.5 Å². The first-order valence-electron chi connectivity index (χ1n) is 7.42. The zero-order valence-corrected chi connectivity index (χ0v) is 13.9. The monoisotopic (exact) mass is 341 g/mol. The molecule has 3 nitrogen and oxygen atoms in total. The highest BCUT2D eigenvalue weighted by molar-refractivity contribution is 7.78. The number of pyridine rings is 1. The smallest absolute Gasteiger partial charge is 0.157 e. The lowest BCUT2D eigenvalue weighted by atomic mass is 9.95. The Hall–Kier alpha value is -2.37. The third kappa shape index (κ3) is 3.58. The van der Waals surface area contributed by atoms with Crippen molar-refractivity contribution in [2.45, 2.75) is 12.7 Å². The maximum absolute atomic E-state index is 14.2. The SMILES string of the molecule is Cc1ccc(-c2ccncc2-c2ccc(CS(=O)O)c(F)c2)cc1. The van der Waals surface area contributed by atoms with Gasteiger partial charge in [-0.1, -0.05) is 42.0 Å². The predicted molar refractivity (Wildman–Crippen MR) is 94.3 cm³/mol. The van der Waals surface area contributed by atoms with Crippen LogP contribution < -0.4 is 0 Å². The Balaban J connectivity index is 2.06. The van der Waals surface area contributed by atoms with E-state index in [0.29, 0.717) is 5.56 Å². The number of hydrogen-bond donors (Lipinski definition) is 1. The molecule has 0 aliphatic carbocycles. The molecule has 0 spiro atoms. The molecule has 0 fully saturated rings. The van der Waals surface area contributed by atoms with Gasteiger partial charge in [-0.05, 0) is 35.7 Å². The van der Waals surface area contributed by atoms with Gasteiger partial charge in [-0.3, -0.25) is 4.98 Å². The fourth-order valence-corrected chi connectivity index (χ4v) is 3.07. The Morgan fingerprint density at radius 2 is 1.75 bits per heavy atom. The van der Waals surface area contributed by atoms with Gasteiger partial charge in [-0.15, -0.1) is 0 Å². The fraction of sp³-hybridized carbons (Fsp3) is 0.105. The molecule has 2 aromatic carbocycles. The van der Waals surface area contributed by atoms with Crippen LogP contribution in [0.5, 0.6) is 0 Å². The summed E-state index contributed by atoms with van der Waals surface area (Å²) in [5.41, 5.74) is 4.88. The summed E-state index contributed by atoms with van der Waals surface area (Å²) in [7, 11) is 0. The van der Waals surface area contributed by atoms with Crippen LogP contribution in [0.15, 0.2) is 60.9 Å². The van der Waals surface area contributed by atoms with Crippen LogP contribution >= 0.6 is 0 Å². The van der Waals surface area contributed by atoms with Gasteiger partial charge in [0.2, 0.25) is 0 Å². The van der Waals surface area contributed by atoms with Crippen molar-refractivity contribution in [1.82, 2.24) is 4.98 Å². The minimum atomic E-state index is -2.07. The Morgan fingerprint density at radius 3 is 2.42 bits per heavy atom. The minimum Gasteiger partial charge on any atom is -0.306 e. The molecule has 0 radical (unpaired) electrons.